The van der Waals surface area contributed by atoms with Gasteiger partial charge in [0.1, 0.15) is 5.82 Å². The van der Waals surface area contributed by atoms with E-state index in [-0.39, 0.29) is 23.8 Å². The zero-order valence-corrected chi connectivity index (χ0v) is 16.3. The SMILES string of the molecule is CC1CC(Nc2ccccc2)c2ccccc2N1C(=O)C=Cc1ccc(F)cc1. The monoisotopic (exact) mass is 386 g/mol. The van der Waals surface area contributed by atoms with Crippen LogP contribution in [-0.2, 0) is 4.79 Å². The number of carbonyl (C=O) groups excluding carboxylic acids is 1. The quantitative estimate of drug-likeness (QED) is 0.573. The van der Waals surface area contributed by atoms with Crippen molar-refractivity contribution in [1.29, 1.82) is 0 Å². The molecule has 3 aromatic carbocycles. The Morgan fingerprint density at radius 1 is 1.00 bits per heavy atom. The Kier molecular flexibility index (Phi) is 5.43. The highest BCUT2D eigenvalue weighted by Gasteiger charge is 2.32. The zero-order valence-electron chi connectivity index (χ0n) is 16.3. The standard InChI is InChI=1S/C25H23FN2O/c1-18-17-23(27-21-7-3-2-4-8-21)22-9-5-6-10-24(22)28(18)25(29)16-13-19-11-14-20(26)15-12-19/h2-16,18,23,27H,17H2,1H3. The van der Waals surface area contributed by atoms with Crippen molar-refractivity contribution in [2.45, 2.75) is 25.4 Å². The number of amides is 1. The smallest absolute Gasteiger partial charge is 0.251 e. The third-order valence-corrected chi connectivity index (χ3v) is 5.23. The Bertz CT molecular complexity index is 1010. The van der Waals surface area contributed by atoms with Crippen LogP contribution < -0.4 is 10.2 Å². The maximum atomic E-state index is 13.1. The number of benzene rings is 3. The van der Waals surface area contributed by atoms with Crippen LogP contribution in [0.15, 0.2) is 84.9 Å². The topological polar surface area (TPSA) is 32.3 Å². The molecule has 2 unspecified atom stereocenters. The fourth-order valence-corrected chi connectivity index (χ4v) is 3.84. The van der Waals surface area contributed by atoms with E-state index < -0.39 is 0 Å². The predicted octanol–water partition coefficient (Wildman–Crippen LogP) is 5.82. The lowest BCUT2D eigenvalue weighted by atomic mass is 9.91. The van der Waals surface area contributed by atoms with Gasteiger partial charge >= 0.3 is 0 Å². The molecule has 4 heteroatoms. The number of anilines is 2. The van der Waals surface area contributed by atoms with Crippen LogP contribution in [0.4, 0.5) is 15.8 Å². The molecule has 1 heterocycles. The van der Waals surface area contributed by atoms with Gasteiger partial charge in [0.25, 0.3) is 5.91 Å². The van der Waals surface area contributed by atoms with Crippen molar-refractivity contribution >= 4 is 23.4 Å². The number of halogens is 1. The minimum atomic E-state index is -0.288. The first-order chi connectivity index (χ1) is 14.1. The van der Waals surface area contributed by atoms with Crippen molar-refractivity contribution in [2.24, 2.45) is 0 Å². The molecular weight excluding hydrogens is 363 g/mol. The predicted molar refractivity (Wildman–Crippen MR) is 116 cm³/mol. The highest BCUT2D eigenvalue weighted by Crippen LogP contribution is 2.39. The van der Waals surface area contributed by atoms with Crippen LogP contribution in [0.2, 0.25) is 0 Å². The van der Waals surface area contributed by atoms with Gasteiger partial charge < -0.3 is 10.2 Å². The summed E-state index contributed by atoms with van der Waals surface area (Å²) < 4.78 is 13.1. The third kappa shape index (κ3) is 4.21. The molecule has 3 aromatic rings. The van der Waals surface area contributed by atoms with E-state index in [2.05, 4.69) is 30.4 Å². The maximum Gasteiger partial charge on any atom is 0.251 e. The fourth-order valence-electron chi connectivity index (χ4n) is 3.84. The molecule has 4 rings (SSSR count). The molecule has 29 heavy (non-hydrogen) atoms. The molecule has 146 valence electrons. The van der Waals surface area contributed by atoms with E-state index in [4.69, 9.17) is 0 Å². The summed E-state index contributed by atoms with van der Waals surface area (Å²) in [5.74, 6) is -0.364. The van der Waals surface area contributed by atoms with Gasteiger partial charge in [-0.25, -0.2) is 4.39 Å². The average Bonchev–Trinajstić information content (AvgIpc) is 2.74. The average molecular weight is 386 g/mol. The van der Waals surface area contributed by atoms with E-state index in [0.29, 0.717) is 0 Å². The Balaban J connectivity index is 1.59. The molecule has 3 nitrogen and oxygen atoms in total. The summed E-state index contributed by atoms with van der Waals surface area (Å²) in [4.78, 5) is 14.9. The van der Waals surface area contributed by atoms with Crippen LogP contribution in [0.25, 0.3) is 6.08 Å². The van der Waals surface area contributed by atoms with Crippen molar-refractivity contribution in [3.05, 3.63) is 102 Å². The van der Waals surface area contributed by atoms with Gasteiger partial charge in [-0.05, 0) is 60.9 Å². The molecule has 1 amide bonds. The Hall–Kier alpha value is -3.40. The first kappa shape index (κ1) is 18.9. The van der Waals surface area contributed by atoms with Crippen LogP contribution >= 0.6 is 0 Å². The van der Waals surface area contributed by atoms with E-state index in [1.54, 1.807) is 24.3 Å². The number of hydrogen-bond donors (Lipinski definition) is 1. The Morgan fingerprint density at radius 3 is 2.45 bits per heavy atom. The number of carbonyl (C=O) groups is 1. The first-order valence-electron chi connectivity index (χ1n) is 9.79. The lowest BCUT2D eigenvalue weighted by molar-refractivity contribution is -0.114. The lowest BCUT2D eigenvalue weighted by Crippen LogP contribution is -2.43. The van der Waals surface area contributed by atoms with Crippen LogP contribution in [0.3, 0.4) is 0 Å². The molecule has 0 aliphatic carbocycles. The molecular formula is C25H23FN2O. The number of rotatable bonds is 4. The molecule has 0 bridgehead atoms. The van der Waals surface area contributed by atoms with Crippen LogP contribution in [-0.4, -0.2) is 11.9 Å². The Labute approximate surface area is 170 Å². The van der Waals surface area contributed by atoms with E-state index in [0.717, 1.165) is 28.9 Å². The second-order valence-corrected chi connectivity index (χ2v) is 7.30. The van der Waals surface area contributed by atoms with Crippen molar-refractivity contribution < 1.29 is 9.18 Å². The Morgan fingerprint density at radius 2 is 1.69 bits per heavy atom. The van der Waals surface area contributed by atoms with Gasteiger partial charge in [0, 0.05) is 23.5 Å². The zero-order chi connectivity index (χ0) is 20.2. The van der Waals surface area contributed by atoms with Gasteiger partial charge in [0.2, 0.25) is 0 Å². The third-order valence-electron chi connectivity index (χ3n) is 5.23. The van der Waals surface area contributed by atoms with E-state index in [9.17, 15) is 9.18 Å². The summed E-state index contributed by atoms with van der Waals surface area (Å²) >= 11 is 0. The number of para-hydroxylation sites is 2. The molecule has 1 aliphatic rings. The fraction of sp³-hybridized carbons (Fsp3) is 0.160. The van der Waals surface area contributed by atoms with Crippen molar-refractivity contribution in [3.8, 4) is 0 Å². The second kappa shape index (κ2) is 8.31. The maximum absolute atomic E-state index is 13.1. The molecule has 1 N–H and O–H groups in total. The highest BCUT2D eigenvalue weighted by atomic mass is 19.1. The molecule has 0 fully saturated rings. The van der Waals surface area contributed by atoms with Crippen LogP contribution in [0.5, 0.6) is 0 Å². The van der Waals surface area contributed by atoms with Gasteiger partial charge in [-0.1, -0.05) is 48.5 Å². The minimum absolute atomic E-state index is 0.0384. The van der Waals surface area contributed by atoms with Crippen LogP contribution in [0, 0.1) is 5.82 Å². The van der Waals surface area contributed by atoms with E-state index in [1.807, 2.05) is 41.3 Å². The van der Waals surface area contributed by atoms with Gasteiger partial charge in [0.15, 0.2) is 0 Å². The molecule has 0 aromatic heterocycles. The van der Waals surface area contributed by atoms with Crippen molar-refractivity contribution in [2.75, 3.05) is 10.2 Å². The number of fused-ring (bicyclic) bond motifs is 1. The van der Waals surface area contributed by atoms with E-state index >= 15 is 0 Å². The molecule has 0 saturated carbocycles. The normalized spacial score (nSPS) is 18.5. The molecule has 0 radical (unpaired) electrons. The summed E-state index contributed by atoms with van der Waals surface area (Å²) in [7, 11) is 0. The first-order valence-corrected chi connectivity index (χ1v) is 9.79. The van der Waals surface area contributed by atoms with Crippen molar-refractivity contribution in [3.63, 3.8) is 0 Å². The summed E-state index contributed by atoms with van der Waals surface area (Å²) in [6.45, 7) is 2.07. The number of nitrogens with one attached hydrogen (secondary N) is 1. The van der Waals surface area contributed by atoms with Gasteiger partial charge in [-0.3, -0.25) is 4.79 Å². The van der Waals surface area contributed by atoms with Gasteiger partial charge in [-0.2, -0.15) is 0 Å². The summed E-state index contributed by atoms with van der Waals surface area (Å²) in [5, 5.41) is 3.60. The lowest BCUT2D eigenvalue weighted by Gasteiger charge is -2.39. The highest BCUT2D eigenvalue weighted by molar-refractivity contribution is 6.05. The second-order valence-electron chi connectivity index (χ2n) is 7.30. The largest absolute Gasteiger partial charge is 0.378 e. The number of nitrogens with zero attached hydrogens (tertiary/aromatic N) is 1. The molecule has 0 spiro atoms. The van der Waals surface area contributed by atoms with Gasteiger partial charge in [0.05, 0.1) is 6.04 Å². The van der Waals surface area contributed by atoms with E-state index in [1.165, 1.54) is 12.1 Å². The van der Waals surface area contributed by atoms with Crippen molar-refractivity contribution in [1.82, 2.24) is 0 Å². The van der Waals surface area contributed by atoms with Gasteiger partial charge in [-0.15, -0.1) is 0 Å². The summed E-state index contributed by atoms with van der Waals surface area (Å²) in [6.07, 6.45) is 4.10. The summed E-state index contributed by atoms with van der Waals surface area (Å²) in [5.41, 5.74) is 3.89. The molecule has 1 aliphatic heterocycles. The molecule has 2 atom stereocenters. The number of hydrogen-bond acceptors (Lipinski definition) is 2. The summed E-state index contributed by atoms with van der Waals surface area (Å²) in [6, 6.07) is 24.4. The molecule has 0 saturated heterocycles. The van der Waals surface area contributed by atoms with Crippen LogP contribution in [0.1, 0.15) is 30.5 Å². The minimum Gasteiger partial charge on any atom is -0.378 e.